The van der Waals surface area contributed by atoms with Crippen LogP contribution >= 0.6 is 15.9 Å². The molecule has 1 aromatic carbocycles. The van der Waals surface area contributed by atoms with Gasteiger partial charge in [-0.3, -0.25) is 0 Å². The van der Waals surface area contributed by atoms with Crippen LogP contribution in [0.4, 0.5) is 0 Å². The second-order valence-electron chi connectivity index (χ2n) is 5.01. The predicted molar refractivity (Wildman–Crippen MR) is 98.3 cm³/mol. The van der Waals surface area contributed by atoms with Gasteiger partial charge < -0.3 is 24.6 Å². The van der Waals surface area contributed by atoms with E-state index in [0.717, 1.165) is 42.0 Å². The highest BCUT2D eigenvalue weighted by atomic mass is 79.9. The first-order valence-corrected chi connectivity index (χ1v) is 8.76. The van der Waals surface area contributed by atoms with Gasteiger partial charge >= 0.3 is 11.9 Å². The van der Waals surface area contributed by atoms with Crippen LogP contribution < -0.4 is 4.74 Å². The molecule has 0 saturated heterocycles. The third kappa shape index (κ3) is 11.5. The molecule has 0 saturated carbocycles. The van der Waals surface area contributed by atoms with Gasteiger partial charge in [0, 0.05) is 11.0 Å². The van der Waals surface area contributed by atoms with E-state index in [9.17, 15) is 0 Å². The lowest BCUT2D eigenvalue weighted by molar-refractivity contribution is -0.159. The second-order valence-corrected chi connectivity index (χ2v) is 5.92. The lowest BCUT2D eigenvalue weighted by Gasteiger charge is -2.17. The minimum Gasteiger partial charge on any atom is -0.491 e. The number of hydrogen-bond acceptors (Lipinski definition) is 5. The Morgan fingerprint density at radius 1 is 1.08 bits per heavy atom. The molecule has 142 valence electrons. The normalized spacial score (nSPS) is 10.1. The van der Waals surface area contributed by atoms with Crippen molar-refractivity contribution < 1.29 is 29.3 Å². The van der Waals surface area contributed by atoms with Crippen molar-refractivity contribution in [1.82, 2.24) is 4.90 Å². The quantitative estimate of drug-likeness (QED) is 0.468. The van der Waals surface area contributed by atoms with Gasteiger partial charge in [0.1, 0.15) is 12.4 Å². The molecule has 0 aliphatic carbocycles. The number of ether oxygens (including phenoxy) is 2. The third-order valence-corrected chi connectivity index (χ3v) is 3.74. The molecule has 2 N–H and O–H groups in total. The number of carboxylic acid groups (broad SMARTS) is 2. The zero-order valence-corrected chi connectivity index (χ0v) is 16.4. The summed E-state index contributed by atoms with van der Waals surface area (Å²) in [5, 5.41) is 14.8. The van der Waals surface area contributed by atoms with E-state index < -0.39 is 11.9 Å². The van der Waals surface area contributed by atoms with Gasteiger partial charge in [0.2, 0.25) is 0 Å². The van der Waals surface area contributed by atoms with Crippen LogP contribution in [-0.4, -0.2) is 66.5 Å². The largest absolute Gasteiger partial charge is 0.491 e. The molecule has 0 spiro atoms. The molecule has 0 aliphatic heterocycles. The van der Waals surface area contributed by atoms with Gasteiger partial charge in [-0.1, -0.05) is 29.8 Å². The van der Waals surface area contributed by atoms with Gasteiger partial charge in [-0.2, -0.15) is 0 Å². The Kier molecular flexibility index (Phi) is 12.7. The SMILES string of the molecule is CCN(CC)CCOCCOc1ccc(Br)cc1C.O=C(O)C(=O)O. The van der Waals surface area contributed by atoms with Gasteiger partial charge in [-0.05, 0) is 43.8 Å². The van der Waals surface area contributed by atoms with Crippen molar-refractivity contribution in [3.05, 3.63) is 28.2 Å². The molecule has 1 aromatic rings. The van der Waals surface area contributed by atoms with Crippen molar-refractivity contribution >= 4 is 27.9 Å². The number of carboxylic acids is 2. The molecule has 1 rings (SSSR count). The molecule has 25 heavy (non-hydrogen) atoms. The summed E-state index contributed by atoms with van der Waals surface area (Å²) >= 11 is 3.44. The van der Waals surface area contributed by atoms with Crippen LogP contribution in [-0.2, 0) is 14.3 Å². The Labute approximate surface area is 156 Å². The Morgan fingerprint density at radius 2 is 1.68 bits per heavy atom. The summed E-state index contributed by atoms with van der Waals surface area (Å²) in [5.74, 6) is -2.72. The summed E-state index contributed by atoms with van der Waals surface area (Å²) in [6, 6.07) is 6.02. The first-order chi connectivity index (χ1) is 11.8. The molecule has 0 bridgehead atoms. The minimum atomic E-state index is -1.82. The van der Waals surface area contributed by atoms with Gasteiger partial charge in [0.25, 0.3) is 0 Å². The fraction of sp³-hybridized carbons (Fsp3) is 0.529. The van der Waals surface area contributed by atoms with E-state index in [0.29, 0.717) is 13.2 Å². The van der Waals surface area contributed by atoms with Crippen LogP contribution in [0.2, 0.25) is 0 Å². The Hall–Kier alpha value is -1.64. The van der Waals surface area contributed by atoms with Crippen molar-refractivity contribution in [3.8, 4) is 5.75 Å². The van der Waals surface area contributed by atoms with Crippen molar-refractivity contribution in [1.29, 1.82) is 0 Å². The lowest BCUT2D eigenvalue weighted by atomic mass is 10.2. The third-order valence-electron chi connectivity index (χ3n) is 3.25. The number of hydrogen-bond donors (Lipinski definition) is 2. The summed E-state index contributed by atoms with van der Waals surface area (Å²) in [4.78, 5) is 20.5. The number of aryl methyl sites for hydroxylation is 1. The average molecular weight is 420 g/mol. The summed E-state index contributed by atoms with van der Waals surface area (Å²) in [6.07, 6.45) is 0. The predicted octanol–water partition coefficient (Wildman–Crippen LogP) is 2.65. The van der Waals surface area contributed by atoms with Gasteiger partial charge in [-0.15, -0.1) is 0 Å². The number of nitrogens with zero attached hydrogens (tertiary/aromatic N) is 1. The van der Waals surface area contributed by atoms with Crippen LogP contribution in [0.25, 0.3) is 0 Å². The highest BCUT2D eigenvalue weighted by molar-refractivity contribution is 9.10. The molecular weight excluding hydrogens is 394 g/mol. The Morgan fingerprint density at radius 3 is 2.16 bits per heavy atom. The van der Waals surface area contributed by atoms with E-state index in [1.165, 1.54) is 0 Å². The monoisotopic (exact) mass is 419 g/mol. The standard InChI is InChI=1S/C15H24BrNO2.C2H2O4/c1-4-17(5-2)8-9-18-10-11-19-15-7-6-14(16)12-13(15)3;3-1(4)2(5)6/h6-7,12H,4-5,8-11H2,1-3H3;(H,3,4)(H,5,6). The molecule has 0 fully saturated rings. The Bertz CT molecular complexity index is 522. The van der Waals surface area contributed by atoms with Crippen molar-refractivity contribution in [3.63, 3.8) is 0 Å². The lowest BCUT2D eigenvalue weighted by Crippen LogP contribution is -2.27. The molecule has 0 unspecified atom stereocenters. The number of aliphatic carboxylic acids is 2. The van der Waals surface area contributed by atoms with E-state index in [2.05, 4.69) is 40.7 Å². The number of likely N-dealkylation sites (N-methyl/N-ethyl adjacent to an activating group) is 1. The maximum Gasteiger partial charge on any atom is 0.414 e. The number of halogens is 1. The number of carbonyl (C=O) groups is 2. The van der Waals surface area contributed by atoms with E-state index in [1.54, 1.807) is 0 Å². The molecule has 7 nitrogen and oxygen atoms in total. The van der Waals surface area contributed by atoms with Gasteiger partial charge in [-0.25, -0.2) is 9.59 Å². The summed E-state index contributed by atoms with van der Waals surface area (Å²) in [7, 11) is 0. The topological polar surface area (TPSA) is 96.3 Å². The van der Waals surface area contributed by atoms with Crippen LogP contribution in [0, 0.1) is 6.92 Å². The summed E-state index contributed by atoms with van der Waals surface area (Å²) in [6.45, 7) is 11.5. The van der Waals surface area contributed by atoms with Gasteiger partial charge in [0.05, 0.1) is 13.2 Å². The Balaban J connectivity index is 0.000000823. The fourth-order valence-electron chi connectivity index (χ4n) is 1.82. The molecule has 0 amide bonds. The summed E-state index contributed by atoms with van der Waals surface area (Å²) in [5.41, 5.74) is 1.14. The van der Waals surface area contributed by atoms with Crippen molar-refractivity contribution in [2.45, 2.75) is 20.8 Å². The van der Waals surface area contributed by atoms with Crippen LogP contribution in [0.3, 0.4) is 0 Å². The van der Waals surface area contributed by atoms with E-state index in [1.807, 2.05) is 19.1 Å². The molecular formula is C17H26BrNO6. The maximum absolute atomic E-state index is 9.10. The highest BCUT2D eigenvalue weighted by Gasteiger charge is 2.04. The number of rotatable bonds is 9. The highest BCUT2D eigenvalue weighted by Crippen LogP contribution is 2.21. The second kappa shape index (κ2) is 13.6. The first-order valence-electron chi connectivity index (χ1n) is 7.97. The van der Waals surface area contributed by atoms with Crippen molar-refractivity contribution in [2.24, 2.45) is 0 Å². The molecule has 8 heteroatoms. The minimum absolute atomic E-state index is 0.598. The van der Waals surface area contributed by atoms with Crippen LogP contribution in [0.5, 0.6) is 5.75 Å². The van der Waals surface area contributed by atoms with Crippen LogP contribution in [0.15, 0.2) is 22.7 Å². The van der Waals surface area contributed by atoms with E-state index in [4.69, 9.17) is 29.3 Å². The zero-order chi connectivity index (χ0) is 19.2. The average Bonchev–Trinajstić information content (AvgIpc) is 2.56. The number of benzene rings is 1. The molecule has 0 atom stereocenters. The fourth-order valence-corrected chi connectivity index (χ4v) is 2.30. The molecule has 0 aromatic heterocycles. The van der Waals surface area contributed by atoms with E-state index >= 15 is 0 Å². The zero-order valence-electron chi connectivity index (χ0n) is 14.8. The summed E-state index contributed by atoms with van der Waals surface area (Å²) < 4.78 is 12.3. The van der Waals surface area contributed by atoms with E-state index in [-0.39, 0.29) is 0 Å². The first kappa shape index (κ1) is 23.4. The maximum atomic E-state index is 9.10. The van der Waals surface area contributed by atoms with Crippen molar-refractivity contribution in [2.75, 3.05) is 39.5 Å². The van der Waals surface area contributed by atoms with Gasteiger partial charge in [0.15, 0.2) is 0 Å². The molecule has 0 heterocycles. The van der Waals surface area contributed by atoms with Crippen LogP contribution in [0.1, 0.15) is 19.4 Å². The molecule has 0 radical (unpaired) electrons. The smallest absolute Gasteiger partial charge is 0.414 e. The molecule has 0 aliphatic rings.